The molecule has 5 nitrogen and oxygen atoms in total. The highest BCUT2D eigenvalue weighted by Gasteiger charge is 2.10. The van der Waals surface area contributed by atoms with Gasteiger partial charge in [0.1, 0.15) is 5.52 Å². The third-order valence-corrected chi connectivity index (χ3v) is 3.54. The largest absolute Gasteiger partial charge is 0.290 e. The second kappa shape index (κ2) is 4.55. The van der Waals surface area contributed by atoms with Crippen LogP contribution in [0.3, 0.4) is 0 Å². The molecule has 2 aromatic heterocycles. The average molecular weight is 272 g/mol. The third-order valence-electron chi connectivity index (χ3n) is 2.91. The van der Waals surface area contributed by atoms with E-state index in [2.05, 4.69) is 15.3 Å². The number of aryl methyl sites for hydroxylation is 1. The van der Waals surface area contributed by atoms with Gasteiger partial charge in [0, 0.05) is 5.56 Å². The van der Waals surface area contributed by atoms with Crippen LogP contribution in [0.2, 0.25) is 0 Å². The SMILES string of the molecule is CSc1n[nH]c(=O)c2cc(-c3ccc(C)cc3)nn12. The second-order valence-corrected chi connectivity index (χ2v) is 5.01. The van der Waals surface area contributed by atoms with Crippen LogP contribution in [0.25, 0.3) is 16.8 Å². The van der Waals surface area contributed by atoms with Gasteiger partial charge in [0.05, 0.1) is 5.69 Å². The standard InChI is InChI=1S/C13H12N4OS/c1-8-3-5-9(6-4-8)10-7-11-12(18)14-15-13(19-2)17(11)16-10/h3-7H,1-2H3,(H,14,18). The van der Waals surface area contributed by atoms with Crippen molar-refractivity contribution < 1.29 is 0 Å². The fourth-order valence-electron chi connectivity index (χ4n) is 1.89. The van der Waals surface area contributed by atoms with E-state index in [-0.39, 0.29) is 5.56 Å². The zero-order valence-electron chi connectivity index (χ0n) is 10.5. The van der Waals surface area contributed by atoms with Crippen molar-refractivity contribution in [1.82, 2.24) is 19.8 Å². The highest BCUT2D eigenvalue weighted by Crippen LogP contribution is 2.20. The first kappa shape index (κ1) is 12.0. The van der Waals surface area contributed by atoms with Gasteiger partial charge in [0.15, 0.2) is 0 Å². The van der Waals surface area contributed by atoms with Crippen LogP contribution in [0.15, 0.2) is 40.3 Å². The van der Waals surface area contributed by atoms with Gasteiger partial charge >= 0.3 is 0 Å². The van der Waals surface area contributed by atoms with Crippen molar-refractivity contribution >= 4 is 17.3 Å². The van der Waals surface area contributed by atoms with Crippen LogP contribution in [0.5, 0.6) is 0 Å². The number of hydrogen-bond donors (Lipinski definition) is 1. The molecule has 2 heterocycles. The lowest BCUT2D eigenvalue weighted by molar-refractivity contribution is 0.729. The Hall–Kier alpha value is -2.08. The molecule has 3 aromatic rings. The van der Waals surface area contributed by atoms with Gasteiger partial charge in [0.25, 0.3) is 5.56 Å². The predicted octanol–water partition coefficient (Wildman–Crippen LogP) is 2.11. The van der Waals surface area contributed by atoms with Crippen LogP contribution in [-0.2, 0) is 0 Å². The maximum Gasteiger partial charge on any atom is 0.290 e. The Kier molecular flexibility index (Phi) is 2.87. The zero-order valence-corrected chi connectivity index (χ0v) is 11.4. The van der Waals surface area contributed by atoms with E-state index in [0.717, 1.165) is 11.3 Å². The van der Waals surface area contributed by atoms with E-state index in [1.54, 1.807) is 10.6 Å². The van der Waals surface area contributed by atoms with Crippen molar-refractivity contribution in [2.75, 3.05) is 6.26 Å². The number of aromatic nitrogens is 4. The van der Waals surface area contributed by atoms with E-state index in [4.69, 9.17) is 0 Å². The highest BCUT2D eigenvalue weighted by molar-refractivity contribution is 7.98. The molecule has 96 valence electrons. The molecular weight excluding hydrogens is 260 g/mol. The Morgan fingerprint density at radius 3 is 2.68 bits per heavy atom. The lowest BCUT2D eigenvalue weighted by Crippen LogP contribution is -2.13. The molecule has 0 aliphatic heterocycles. The first-order valence-electron chi connectivity index (χ1n) is 5.78. The van der Waals surface area contributed by atoms with Gasteiger partial charge in [-0.05, 0) is 19.2 Å². The quantitative estimate of drug-likeness (QED) is 0.726. The van der Waals surface area contributed by atoms with Gasteiger partial charge in [-0.1, -0.05) is 41.6 Å². The molecule has 1 N–H and O–H groups in total. The molecule has 0 bridgehead atoms. The van der Waals surface area contributed by atoms with E-state index in [9.17, 15) is 4.79 Å². The maximum absolute atomic E-state index is 11.8. The average Bonchev–Trinajstić information content (AvgIpc) is 2.86. The van der Waals surface area contributed by atoms with Gasteiger partial charge in [-0.2, -0.15) is 5.10 Å². The van der Waals surface area contributed by atoms with Gasteiger partial charge in [-0.3, -0.25) is 4.79 Å². The van der Waals surface area contributed by atoms with E-state index in [1.165, 1.54) is 17.3 Å². The minimum absolute atomic E-state index is 0.233. The molecule has 3 rings (SSSR count). The number of fused-ring (bicyclic) bond motifs is 1. The van der Waals surface area contributed by atoms with Crippen LogP contribution in [0.4, 0.5) is 0 Å². The topological polar surface area (TPSA) is 63.0 Å². The minimum Gasteiger partial charge on any atom is -0.266 e. The van der Waals surface area contributed by atoms with E-state index >= 15 is 0 Å². The smallest absolute Gasteiger partial charge is 0.266 e. The number of benzene rings is 1. The molecule has 19 heavy (non-hydrogen) atoms. The summed E-state index contributed by atoms with van der Waals surface area (Å²) in [6.45, 7) is 2.04. The molecule has 0 aliphatic carbocycles. The molecule has 0 radical (unpaired) electrons. The second-order valence-electron chi connectivity index (χ2n) is 4.23. The fourth-order valence-corrected chi connectivity index (χ4v) is 2.34. The Labute approximate surface area is 113 Å². The van der Waals surface area contributed by atoms with Crippen molar-refractivity contribution in [3.8, 4) is 11.3 Å². The number of nitrogens with one attached hydrogen (secondary N) is 1. The van der Waals surface area contributed by atoms with Crippen LogP contribution in [-0.4, -0.2) is 26.1 Å². The van der Waals surface area contributed by atoms with Crippen LogP contribution >= 0.6 is 11.8 Å². The molecule has 0 amide bonds. The summed E-state index contributed by atoms with van der Waals surface area (Å²) in [4.78, 5) is 11.8. The van der Waals surface area contributed by atoms with E-state index < -0.39 is 0 Å². The molecule has 0 spiro atoms. The lowest BCUT2D eigenvalue weighted by Gasteiger charge is -1.98. The molecule has 6 heteroatoms. The lowest BCUT2D eigenvalue weighted by atomic mass is 10.1. The first-order valence-corrected chi connectivity index (χ1v) is 7.01. The molecule has 0 fully saturated rings. The molecule has 0 atom stereocenters. The summed E-state index contributed by atoms with van der Waals surface area (Å²) in [6.07, 6.45) is 1.90. The van der Waals surface area contributed by atoms with Gasteiger partial charge in [-0.25, -0.2) is 9.61 Å². The number of rotatable bonds is 2. The van der Waals surface area contributed by atoms with Crippen molar-refractivity contribution in [1.29, 1.82) is 0 Å². The Bertz CT molecular complexity index is 789. The molecule has 0 saturated heterocycles. The number of aromatic amines is 1. The summed E-state index contributed by atoms with van der Waals surface area (Å²) < 4.78 is 1.58. The normalized spacial score (nSPS) is 11.1. The predicted molar refractivity (Wildman–Crippen MR) is 75.6 cm³/mol. The fraction of sp³-hybridized carbons (Fsp3) is 0.154. The molecule has 0 aliphatic rings. The number of nitrogens with zero attached hydrogens (tertiary/aromatic N) is 3. The van der Waals surface area contributed by atoms with Gasteiger partial charge in [0.2, 0.25) is 5.16 Å². The van der Waals surface area contributed by atoms with E-state index in [1.807, 2.05) is 37.4 Å². The Morgan fingerprint density at radius 2 is 2.00 bits per heavy atom. The van der Waals surface area contributed by atoms with Crippen molar-refractivity contribution in [3.63, 3.8) is 0 Å². The van der Waals surface area contributed by atoms with Gasteiger partial charge in [-0.15, -0.1) is 5.10 Å². The molecular formula is C13H12N4OS. The van der Waals surface area contributed by atoms with Gasteiger partial charge < -0.3 is 0 Å². The summed E-state index contributed by atoms with van der Waals surface area (Å²) in [7, 11) is 0. The first-order chi connectivity index (χ1) is 9.19. The summed E-state index contributed by atoms with van der Waals surface area (Å²) >= 11 is 1.44. The molecule has 1 aromatic carbocycles. The third kappa shape index (κ3) is 2.04. The maximum atomic E-state index is 11.8. The van der Waals surface area contributed by atoms with Crippen LogP contribution in [0.1, 0.15) is 5.56 Å². The number of hydrogen-bond acceptors (Lipinski definition) is 4. The Balaban J connectivity index is 2.24. The highest BCUT2D eigenvalue weighted by atomic mass is 32.2. The summed E-state index contributed by atoms with van der Waals surface area (Å²) in [6, 6.07) is 9.83. The van der Waals surface area contributed by atoms with Crippen molar-refractivity contribution in [2.45, 2.75) is 12.1 Å². The molecule has 0 unspecified atom stereocenters. The van der Waals surface area contributed by atoms with Crippen molar-refractivity contribution in [2.24, 2.45) is 0 Å². The van der Waals surface area contributed by atoms with E-state index in [0.29, 0.717) is 10.7 Å². The van der Waals surface area contributed by atoms with Crippen LogP contribution < -0.4 is 5.56 Å². The summed E-state index contributed by atoms with van der Waals surface area (Å²) in [5.74, 6) is 0. The summed E-state index contributed by atoms with van der Waals surface area (Å²) in [5.41, 5.74) is 3.23. The van der Waals surface area contributed by atoms with Crippen molar-refractivity contribution in [3.05, 3.63) is 46.2 Å². The van der Waals surface area contributed by atoms with Crippen LogP contribution in [0, 0.1) is 6.92 Å². The molecule has 0 saturated carbocycles. The Morgan fingerprint density at radius 1 is 1.26 bits per heavy atom. The summed E-state index contributed by atoms with van der Waals surface area (Å²) in [5, 5.41) is 11.6. The monoisotopic (exact) mass is 272 g/mol. The number of thioether (sulfide) groups is 1. The number of H-pyrrole nitrogens is 1. The minimum atomic E-state index is -0.233. The zero-order chi connectivity index (χ0) is 13.4.